The predicted octanol–water partition coefficient (Wildman–Crippen LogP) is 4.00. The Hall–Kier alpha value is -2.54. The summed E-state index contributed by atoms with van der Waals surface area (Å²) in [6.45, 7) is 3.63. The third kappa shape index (κ3) is 5.39. The number of benzene rings is 2. The average molecular weight is 445 g/mol. The minimum absolute atomic E-state index is 0.172. The van der Waals surface area contributed by atoms with Crippen molar-refractivity contribution in [2.24, 2.45) is 0 Å². The van der Waals surface area contributed by atoms with Crippen molar-refractivity contribution in [3.8, 4) is 5.75 Å². The van der Waals surface area contributed by atoms with Gasteiger partial charge in [0.05, 0.1) is 25.1 Å². The van der Waals surface area contributed by atoms with Crippen LogP contribution in [0.2, 0.25) is 0 Å². The standard InChI is InChI=1S/C24H32N2O4S/c1-5-23(20-14-13-18-9-6-7-10-19(18)15-20)25-24(27)17(2)26(31(4,28)29)21-11-8-12-22(16-21)30-3/h8,11-17,23H,5-7,9-10H2,1-4H3,(H,25,27)/t17-,23-/m0/s1. The smallest absolute Gasteiger partial charge is 0.244 e. The Labute approximate surface area is 185 Å². The van der Waals surface area contributed by atoms with Gasteiger partial charge in [-0.25, -0.2) is 8.42 Å². The summed E-state index contributed by atoms with van der Waals surface area (Å²) < 4.78 is 31.5. The summed E-state index contributed by atoms with van der Waals surface area (Å²) in [6, 6.07) is 12.1. The Kier molecular flexibility index (Phi) is 7.26. The Bertz CT molecular complexity index is 1040. The van der Waals surface area contributed by atoms with Crippen molar-refractivity contribution < 1.29 is 17.9 Å². The minimum Gasteiger partial charge on any atom is -0.497 e. The monoisotopic (exact) mass is 444 g/mol. The lowest BCUT2D eigenvalue weighted by molar-refractivity contribution is -0.122. The van der Waals surface area contributed by atoms with Crippen molar-refractivity contribution in [1.82, 2.24) is 5.32 Å². The fourth-order valence-electron chi connectivity index (χ4n) is 4.24. The van der Waals surface area contributed by atoms with Gasteiger partial charge < -0.3 is 10.1 Å². The number of rotatable bonds is 8. The van der Waals surface area contributed by atoms with E-state index >= 15 is 0 Å². The van der Waals surface area contributed by atoms with E-state index in [1.807, 2.05) is 6.92 Å². The molecule has 2 aromatic rings. The highest BCUT2D eigenvalue weighted by molar-refractivity contribution is 7.92. The van der Waals surface area contributed by atoms with Crippen molar-refractivity contribution in [2.45, 2.75) is 58.0 Å². The van der Waals surface area contributed by atoms with Gasteiger partial charge in [-0.05, 0) is 67.9 Å². The number of carbonyl (C=O) groups is 1. The van der Waals surface area contributed by atoms with Crippen molar-refractivity contribution in [3.05, 3.63) is 59.2 Å². The summed E-state index contributed by atoms with van der Waals surface area (Å²) in [6.07, 6.45) is 6.43. The van der Waals surface area contributed by atoms with E-state index in [0.29, 0.717) is 11.4 Å². The molecule has 2 atom stereocenters. The Morgan fingerprint density at radius 3 is 2.48 bits per heavy atom. The third-order valence-electron chi connectivity index (χ3n) is 5.90. The van der Waals surface area contributed by atoms with Gasteiger partial charge >= 0.3 is 0 Å². The zero-order valence-electron chi connectivity index (χ0n) is 18.7. The minimum atomic E-state index is -3.69. The molecular formula is C24H32N2O4S. The molecule has 0 heterocycles. The summed E-state index contributed by atoms with van der Waals surface area (Å²) in [5, 5.41) is 3.06. The van der Waals surface area contributed by atoms with Crippen LogP contribution in [0.5, 0.6) is 5.75 Å². The highest BCUT2D eigenvalue weighted by Crippen LogP contribution is 2.28. The molecule has 0 fully saturated rings. The van der Waals surface area contributed by atoms with Crippen LogP contribution >= 0.6 is 0 Å². The lowest BCUT2D eigenvalue weighted by Crippen LogP contribution is -2.48. The van der Waals surface area contributed by atoms with Crippen LogP contribution in [0.3, 0.4) is 0 Å². The van der Waals surface area contributed by atoms with Crippen molar-refractivity contribution in [3.63, 3.8) is 0 Å². The normalized spacial score (nSPS) is 15.5. The second kappa shape index (κ2) is 9.73. The van der Waals surface area contributed by atoms with Crippen LogP contribution < -0.4 is 14.4 Å². The molecule has 1 N–H and O–H groups in total. The second-order valence-corrected chi connectivity index (χ2v) is 10.0. The zero-order chi connectivity index (χ0) is 22.6. The van der Waals surface area contributed by atoms with Crippen LogP contribution in [0.15, 0.2) is 42.5 Å². The van der Waals surface area contributed by atoms with Gasteiger partial charge in [0.15, 0.2) is 0 Å². The Morgan fingerprint density at radius 2 is 1.84 bits per heavy atom. The molecule has 0 spiro atoms. The quantitative estimate of drug-likeness (QED) is 0.668. The number of hydrogen-bond acceptors (Lipinski definition) is 4. The number of carbonyl (C=O) groups excluding carboxylic acids is 1. The molecule has 0 aromatic heterocycles. The number of nitrogens with one attached hydrogen (secondary N) is 1. The highest BCUT2D eigenvalue weighted by atomic mass is 32.2. The molecule has 31 heavy (non-hydrogen) atoms. The highest BCUT2D eigenvalue weighted by Gasteiger charge is 2.30. The van der Waals surface area contributed by atoms with Gasteiger partial charge in [-0.1, -0.05) is 31.2 Å². The van der Waals surface area contributed by atoms with Gasteiger partial charge in [0.25, 0.3) is 0 Å². The second-order valence-electron chi connectivity index (χ2n) is 8.14. The van der Waals surface area contributed by atoms with E-state index < -0.39 is 16.1 Å². The topological polar surface area (TPSA) is 75.7 Å². The van der Waals surface area contributed by atoms with E-state index in [9.17, 15) is 13.2 Å². The fraction of sp³-hybridized carbons (Fsp3) is 0.458. The molecule has 6 nitrogen and oxygen atoms in total. The third-order valence-corrected chi connectivity index (χ3v) is 7.14. The number of hydrogen-bond donors (Lipinski definition) is 1. The van der Waals surface area contributed by atoms with Gasteiger partial charge in [-0.2, -0.15) is 0 Å². The molecular weight excluding hydrogens is 412 g/mol. The van der Waals surface area contributed by atoms with E-state index in [4.69, 9.17) is 4.74 Å². The summed E-state index contributed by atoms with van der Waals surface area (Å²) in [4.78, 5) is 13.1. The largest absolute Gasteiger partial charge is 0.497 e. The average Bonchev–Trinajstić information content (AvgIpc) is 2.76. The van der Waals surface area contributed by atoms with E-state index in [1.165, 1.54) is 31.1 Å². The van der Waals surface area contributed by atoms with E-state index in [-0.39, 0.29) is 11.9 Å². The summed E-state index contributed by atoms with van der Waals surface area (Å²) in [7, 11) is -2.17. The number of amides is 1. The first-order valence-corrected chi connectivity index (χ1v) is 12.6. The SMILES string of the molecule is CC[C@H](NC(=O)[C@H](C)N(c1cccc(OC)c1)S(C)(=O)=O)c1ccc2c(c1)CCCC2. The van der Waals surface area contributed by atoms with E-state index in [2.05, 4.69) is 23.5 Å². The molecule has 0 saturated carbocycles. The number of methoxy groups -OCH3 is 1. The number of sulfonamides is 1. The zero-order valence-corrected chi connectivity index (χ0v) is 19.5. The number of ether oxygens (including phenoxy) is 1. The van der Waals surface area contributed by atoms with E-state index in [0.717, 1.165) is 35.4 Å². The van der Waals surface area contributed by atoms with Crippen molar-refractivity contribution in [2.75, 3.05) is 17.7 Å². The maximum atomic E-state index is 13.1. The number of aryl methyl sites for hydroxylation is 2. The first-order chi connectivity index (χ1) is 14.7. The fourth-order valence-corrected chi connectivity index (χ4v) is 5.41. The molecule has 1 amide bonds. The van der Waals surface area contributed by atoms with Gasteiger partial charge in [-0.15, -0.1) is 0 Å². The van der Waals surface area contributed by atoms with Crippen LogP contribution in [0.4, 0.5) is 5.69 Å². The number of fused-ring (bicyclic) bond motifs is 1. The summed E-state index contributed by atoms with van der Waals surface area (Å²) in [5.41, 5.74) is 4.21. The molecule has 0 saturated heterocycles. The van der Waals surface area contributed by atoms with Gasteiger partial charge in [0.2, 0.25) is 15.9 Å². The maximum Gasteiger partial charge on any atom is 0.244 e. The molecule has 0 aliphatic heterocycles. The lowest BCUT2D eigenvalue weighted by Gasteiger charge is -2.30. The van der Waals surface area contributed by atoms with Crippen LogP contribution in [-0.4, -0.2) is 33.7 Å². The Morgan fingerprint density at radius 1 is 1.13 bits per heavy atom. The number of nitrogens with zero attached hydrogens (tertiary/aromatic N) is 1. The van der Waals surface area contributed by atoms with Crippen molar-refractivity contribution >= 4 is 21.6 Å². The van der Waals surface area contributed by atoms with Crippen LogP contribution in [0.25, 0.3) is 0 Å². The molecule has 0 bridgehead atoms. The molecule has 0 unspecified atom stereocenters. The van der Waals surface area contributed by atoms with Gasteiger partial charge in [-0.3, -0.25) is 9.10 Å². The first kappa shape index (κ1) is 23.1. The van der Waals surface area contributed by atoms with Crippen LogP contribution in [-0.2, 0) is 27.7 Å². The van der Waals surface area contributed by atoms with Gasteiger partial charge in [0.1, 0.15) is 11.8 Å². The molecule has 3 rings (SSSR count). The molecule has 7 heteroatoms. The molecule has 1 aliphatic rings. The van der Waals surface area contributed by atoms with Crippen molar-refractivity contribution in [1.29, 1.82) is 0 Å². The predicted molar refractivity (Wildman–Crippen MR) is 124 cm³/mol. The maximum absolute atomic E-state index is 13.1. The molecule has 0 radical (unpaired) electrons. The summed E-state index contributed by atoms with van der Waals surface area (Å²) >= 11 is 0. The van der Waals surface area contributed by atoms with Crippen LogP contribution in [0.1, 0.15) is 55.8 Å². The Balaban J connectivity index is 1.83. The molecule has 1 aliphatic carbocycles. The molecule has 168 valence electrons. The van der Waals surface area contributed by atoms with Crippen LogP contribution in [0, 0.1) is 0 Å². The number of anilines is 1. The summed E-state index contributed by atoms with van der Waals surface area (Å²) in [5.74, 6) is 0.192. The first-order valence-electron chi connectivity index (χ1n) is 10.8. The van der Waals surface area contributed by atoms with Gasteiger partial charge in [0, 0.05) is 6.07 Å². The molecule has 2 aromatic carbocycles. The van der Waals surface area contributed by atoms with E-state index in [1.54, 1.807) is 31.2 Å². The lowest BCUT2D eigenvalue weighted by atomic mass is 9.88.